The molecule has 0 radical (unpaired) electrons. The van der Waals surface area contributed by atoms with Gasteiger partial charge in [-0.1, -0.05) is 145 Å². The van der Waals surface area contributed by atoms with Crippen LogP contribution >= 0.6 is 0 Å². The summed E-state index contributed by atoms with van der Waals surface area (Å²) in [5.74, 6) is 1.22. The van der Waals surface area contributed by atoms with Crippen LogP contribution < -0.4 is 0 Å². The monoisotopic (exact) mass is 904 g/mol. The minimum atomic E-state index is 0.610. The second-order valence-electron chi connectivity index (χ2n) is 18.6. The average Bonchev–Trinajstić information content (AvgIpc) is 4.02. The number of hydrogen-bond donors (Lipinski definition) is 0. The summed E-state index contributed by atoms with van der Waals surface area (Å²) in [6.07, 6.45) is 0. The number of para-hydroxylation sites is 4. The van der Waals surface area contributed by atoms with Gasteiger partial charge in [-0.2, -0.15) is 0 Å². The summed E-state index contributed by atoms with van der Waals surface area (Å²) in [5, 5.41) is 0. The Hall–Kier alpha value is -8.74. The summed E-state index contributed by atoms with van der Waals surface area (Å²) in [7, 11) is 0. The summed E-state index contributed by atoms with van der Waals surface area (Å²) in [6.45, 7) is 13.1. The smallest absolute Gasteiger partial charge is 0.227 e. The van der Waals surface area contributed by atoms with Crippen molar-refractivity contribution in [1.29, 1.82) is 0 Å². The van der Waals surface area contributed by atoms with Crippen LogP contribution in [0.4, 0.5) is 0 Å². The molecular formula is C64H48N4O2. The van der Waals surface area contributed by atoms with Crippen molar-refractivity contribution in [3.63, 3.8) is 0 Å². The topological polar surface area (TPSA) is 77.8 Å². The van der Waals surface area contributed by atoms with Gasteiger partial charge < -0.3 is 8.83 Å². The number of aryl methyl sites for hydroxylation is 6. The predicted octanol–water partition coefficient (Wildman–Crippen LogP) is 17.1. The highest BCUT2D eigenvalue weighted by atomic mass is 16.4. The van der Waals surface area contributed by atoms with Crippen molar-refractivity contribution in [3.05, 3.63) is 215 Å². The molecule has 70 heavy (non-hydrogen) atoms. The summed E-state index contributed by atoms with van der Waals surface area (Å²) in [6, 6.07) is 63.5. The molecule has 0 aliphatic heterocycles. The largest absolute Gasteiger partial charge is 0.436 e. The number of rotatable bonds is 8. The molecule has 6 nitrogen and oxygen atoms in total. The zero-order valence-electron chi connectivity index (χ0n) is 39.9. The van der Waals surface area contributed by atoms with Gasteiger partial charge in [-0.25, -0.2) is 19.9 Å². The lowest BCUT2D eigenvalue weighted by Gasteiger charge is -2.20. The Labute approximate surface area is 407 Å². The second kappa shape index (κ2) is 17.1. The van der Waals surface area contributed by atoms with Crippen LogP contribution in [-0.2, 0) is 0 Å². The predicted molar refractivity (Wildman–Crippen MR) is 287 cm³/mol. The molecule has 0 spiro atoms. The zero-order chi connectivity index (χ0) is 47.6. The zero-order valence-corrected chi connectivity index (χ0v) is 39.9. The van der Waals surface area contributed by atoms with Gasteiger partial charge in [-0.05, 0) is 146 Å². The quantitative estimate of drug-likeness (QED) is 0.151. The van der Waals surface area contributed by atoms with Crippen LogP contribution in [-0.4, -0.2) is 19.9 Å². The fraction of sp³-hybridized carbons (Fsp3) is 0.0938. The molecular weight excluding hydrogens is 857 g/mol. The van der Waals surface area contributed by atoms with Gasteiger partial charge in [0.15, 0.2) is 11.2 Å². The number of fused-ring (bicyclic) bond motifs is 3. The molecule has 0 N–H and O–H groups in total. The molecule has 0 aliphatic carbocycles. The maximum atomic E-state index is 6.07. The first kappa shape index (κ1) is 42.6. The number of aromatic nitrogens is 4. The van der Waals surface area contributed by atoms with E-state index in [1.807, 2.05) is 48.5 Å². The molecule has 0 saturated heterocycles. The minimum Gasteiger partial charge on any atom is -0.436 e. The first-order valence-corrected chi connectivity index (χ1v) is 23.8. The van der Waals surface area contributed by atoms with Crippen LogP contribution in [0.3, 0.4) is 0 Å². The molecule has 0 unspecified atom stereocenters. The van der Waals surface area contributed by atoms with Crippen molar-refractivity contribution >= 4 is 33.2 Å². The summed E-state index contributed by atoms with van der Waals surface area (Å²) in [4.78, 5) is 21.0. The molecule has 3 aromatic heterocycles. The lowest BCUT2D eigenvalue weighted by Crippen LogP contribution is -2.01. The van der Waals surface area contributed by atoms with Crippen LogP contribution in [0.5, 0.6) is 0 Å². The van der Waals surface area contributed by atoms with Crippen molar-refractivity contribution in [2.75, 3.05) is 0 Å². The van der Waals surface area contributed by atoms with Gasteiger partial charge in [0.05, 0.1) is 22.4 Å². The number of benzene rings is 9. The van der Waals surface area contributed by atoms with Crippen LogP contribution in [0.15, 0.2) is 191 Å². The molecule has 336 valence electrons. The summed E-state index contributed by atoms with van der Waals surface area (Å²) >= 11 is 0. The fourth-order valence-corrected chi connectivity index (χ4v) is 10.4. The molecule has 0 saturated carbocycles. The maximum Gasteiger partial charge on any atom is 0.227 e. The van der Waals surface area contributed by atoms with Crippen LogP contribution in [0.1, 0.15) is 33.4 Å². The molecule has 0 fully saturated rings. The Balaban J connectivity index is 0.994. The van der Waals surface area contributed by atoms with E-state index in [9.17, 15) is 0 Å². The van der Waals surface area contributed by atoms with Gasteiger partial charge in [0.1, 0.15) is 11.0 Å². The SMILES string of the molecule is Cc1cc(C)c(-c2ccc(-c3c(C)cc(C)cc3C)c3nc(-c4ccc(-c5ccc(-c6nc7ccccc7o6)cc5)cc4)c(-c4ccc(-c5ccc(-c6nc7ccccc7o6)cc5)cc4)nc23)c(C)c1. The van der Waals surface area contributed by atoms with E-state index in [0.29, 0.717) is 11.8 Å². The highest BCUT2D eigenvalue weighted by Gasteiger charge is 2.23. The fourth-order valence-electron chi connectivity index (χ4n) is 10.4. The van der Waals surface area contributed by atoms with Gasteiger partial charge in [0.2, 0.25) is 11.8 Å². The van der Waals surface area contributed by atoms with Crippen molar-refractivity contribution in [3.8, 4) is 89.9 Å². The van der Waals surface area contributed by atoms with E-state index in [1.165, 1.54) is 44.5 Å². The minimum absolute atomic E-state index is 0.610. The molecule has 0 atom stereocenters. The van der Waals surface area contributed by atoms with E-state index in [4.69, 9.17) is 28.8 Å². The summed E-state index contributed by atoms with van der Waals surface area (Å²) in [5.41, 5.74) is 26.7. The Bertz CT molecular complexity index is 3600. The van der Waals surface area contributed by atoms with E-state index >= 15 is 0 Å². The third kappa shape index (κ3) is 7.64. The molecule has 12 aromatic rings. The van der Waals surface area contributed by atoms with E-state index in [2.05, 4.69) is 175 Å². The van der Waals surface area contributed by atoms with Crippen molar-refractivity contribution in [1.82, 2.24) is 19.9 Å². The molecule has 12 rings (SSSR count). The first-order valence-electron chi connectivity index (χ1n) is 23.8. The Morgan fingerprint density at radius 2 is 0.600 bits per heavy atom. The van der Waals surface area contributed by atoms with Gasteiger partial charge in [-0.3, -0.25) is 0 Å². The second-order valence-corrected chi connectivity index (χ2v) is 18.6. The molecule has 0 amide bonds. The Morgan fingerprint density at radius 3 is 0.929 bits per heavy atom. The van der Waals surface area contributed by atoms with Crippen molar-refractivity contribution in [2.45, 2.75) is 41.5 Å². The highest BCUT2D eigenvalue weighted by molar-refractivity contribution is 6.04. The summed E-state index contributed by atoms with van der Waals surface area (Å²) < 4.78 is 12.1. The third-order valence-electron chi connectivity index (χ3n) is 13.6. The Morgan fingerprint density at radius 1 is 0.300 bits per heavy atom. The van der Waals surface area contributed by atoms with Crippen molar-refractivity contribution in [2.24, 2.45) is 0 Å². The number of oxazole rings is 2. The lowest BCUT2D eigenvalue weighted by atomic mass is 9.88. The van der Waals surface area contributed by atoms with E-state index < -0.39 is 0 Å². The van der Waals surface area contributed by atoms with Crippen LogP contribution in [0.2, 0.25) is 0 Å². The Kier molecular flexibility index (Phi) is 10.4. The standard InChI is InChI=1S/C64H48N4O2/c1-37-33-39(3)57(40(4)34-37)51-31-32-52(58-41(5)35-38(2)36-42(58)6)62-61(51)67-59(47-23-15-43(16-24-47)45-19-27-49(28-20-45)63-65-53-11-7-9-13-55(53)69-63)60(68-62)48-25-17-44(18-26-48)46-21-29-50(30-22-46)64-66-54-12-8-10-14-56(54)70-64/h7-36H,1-6H3. The number of hydrogen-bond acceptors (Lipinski definition) is 6. The van der Waals surface area contributed by atoms with Gasteiger partial charge >= 0.3 is 0 Å². The average molecular weight is 905 g/mol. The first-order chi connectivity index (χ1) is 34.1. The van der Waals surface area contributed by atoms with Crippen molar-refractivity contribution < 1.29 is 8.83 Å². The van der Waals surface area contributed by atoms with Crippen LogP contribution in [0.25, 0.3) is 123 Å². The molecule has 6 heteroatoms. The lowest BCUT2D eigenvalue weighted by molar-refractivity contribution is 0.619. The van der Waals surface area contributed by atoms with E-state index in [1.54, 1.807) is 0 Å². The molecule has 0 bridgehead atoms. The van der Waals surface area contributed by atoms with E-state index in [-0.39, 0.29) is 0 Å². The highest BCUT2D eigenvalue weighted by Crippen LogP contribution is 2.43. The van der Waals surface area contributed by atoms with Crippen LogP contribution in [0, 0.1) is 41.5 Å². The maximum absolute atomic E-state index is 6.07. The van der Waals surface area contributed by atoms with Gasteiger partial charge in [-0.15, -0.1) is 0 Å². The van der Waals surface area contributed by atoms with E-state index in [0.717, 1.165) is 100 Å². The molecule has 0 aliphatic rings. The molecule has 9 aromatic carbocycles. The van der Waals surface area contributed by atoms with Gasteiger partial charge in [0, 0.05) is 33.4 Å². The molecule has 3 heterocycles. The number of nitrogens with zero attached hydrogens (tertiary/aromatic N) is 4. The normalized spacial score (nSPS) is 11.6. The van der Waals surface area contributed by atoms with Gasteiger partial charge in [0.25, 0.3) is 0 Å². The third-order valence-corrected chi connectivity index (χ3v) is 13.6.